The fraction of sp³-hybridized carbons (Fsp3) is 0.750. The van der Waals surface area contributed by atoms with Crippen LogP contribution in [-0.2, 0) is 0 Å². The summed E-state index contributed by atoms with van der Waals surface area (Å²) in [5.41, 5.74) is -0.0920. The SMILES string of the molecule is CC1(C#N)CCN(C2C=CCCC2)C1. The summed E-state index contributed by atoms with van der Waals surface area (Å²) >= 11 is 0. The molecule has 0 saturated carbocycles. The smallest absolute Gasteiger partial charge is 0.0700 e. The molecule has 0 aromatic carbocycles. The molecule has 1 heterocycles. The summed E-state index contributed by atoms with van der Waals surface area (Å²) in [6, 6.07) is 3.05. The molecule has 0 N–H and O–H groups in total. The molecule has 2 rings (SSSR count). The summed E-state index contributed by atoms with van der Waals surface area (Å²) < 4.78 is 0. The van der Waals surface area contributed by atoms with Crippen LogP contribution in [0.4, 0.5) is 0 Å². The van der Waals surface area contributed by atoms with E-state index in [2.05, 4.69) is 30.0 Å². The molecular formula is C12H18N2. The first-order valence-electron chi connectivity index (χ1n) is 5.55. The molecule has 1 aliphatic heterocycles. The zero-order valence-corrected chi connectivity index (χ0v) is 8.87. The second-order valence-electron chi connectivity index (χ2n) is 4.82. The number of hydrogen-bond acceptors (Lipinski definition) is 2. The lowest BCUT2D eigenvalue weighted by atomic mass is 9.92. The van der Waals surface area contributed by atoms with Crippen molar-refractivity contribution in [2.24, 2.45) is 5.41 Å². The molecule has 2 nitrogen and oxygen atoms in total. The molecule has 0 aromatic heterocycles. The van der Waals surface area contributed by atoms with E-state index in [0.717, 1.165) is 19.5 Å². The minimum Gasteiger partial charge on any atom is -0.295 e. The van der Waals surface area contributed by atoms with E-state index in [9.17, 15) is 0 Å². The van der Waals surface area contributed by atoms with Crippen molar-refractivity contribution >= 4 is 0 Å². The number of hydrogen-bond donors (Lipinski definition) is 0. The Bertz CT molecular complexity index is 277. The van der Waals surface area contributed by atoms with Gasteiger partial charge in [-0.25, -0.2) is 0 Å². The standard InChI is InChI=1S/C12H18N2/c1-12(9-13)7-8-14(10-12)11-5-3-2-4-6-11/h3,5,11H,2,4,6-8,10H2,1H3. The van der Waals surface area contributed by atoms with Crippen molar-refractivity contribution < 1.29 is 0 Å². The van der Waals surface area contributed by atoms with E-state index in [0.29, 0.717) is 6.04 Å². The van der Waals surface area contributed by atoms with Crippen LogP contribution in [0.15, 0.2) is 12.2 Å². The van der Waals surface area contributed by atoms with E-state index in [1.807, 2.05) is 0 Å². The Morgan fingerprint density at radius 3 is 3.00 bits per heavy atom. The Balaban J connectivity index is 1.98. The van der Waals surface area contributed by atoms with Crippen LogP contribution in [0.2, 0.25) is 0 Å². The molecule has 0 aromatic rings. The largest absolute Gasteiger partial charge is 0.295 e. The van der Waals surface area contributed by atoms with Crippen LogP contribution >= 0.6 is 0 Å². The molecule has 2 atom stereocenters. The van der Waals surface area contributed by atoms with Gasteiger partial charge in [-0.3, -0.25) is 4.90 Å². The highest BCUT2D eigenvalue weighted by molar-refractivity contribution is 5.07. The monoisotopic (exact) mass is 190 g/mol. The Morgan fingerprint density at radius 2 is 2.43 bits per heavy atom. The maximum Gasteiger partial charge on any atom is 0.0700 e. The lowest BCUT2D eigenvalue weighted by Gasteiger charge is -2.27. The van der Waals surface area contributed by atoms with Crippen LogP contribution in [0.1, 0.15) is 32.6 Å². The molecule has 0 spiro atoms. The van der Waals surface area contributed by atoms with Crippen LogP contribution < -0.4 is 0 Å². The van der Waals surface area contributed by atoms with Crippen LogP contribution in [0.25, 0.3) is 0 Å². The molecule has 2 unspecified atom stereocenters. The van der Waals surface area contributed by atoms with Crippen LogP contribution in [-0.4, -0.2) is 24.0 Å². The predicted molar refractivity (Wildman–Crippen MR) is 56.7 cm³/mol. The fourth-order valence-corrected chi connectivity index (χ4v) is 2.47. The summed E-state index contributed by atoms with van der Waals surface area (Å²) in [4.78, 5) is 2.47. The molecule has 76 valence electrons. The van der Waals surface area contributed by atoms with Gasteiger partial charge in [0.25, 0.3) is 0 Å². The van der Waals surface area contributed by atoms with E-state index >= 15 is 0 Å². The van der Waals surface area contributed by atoms with Crippen molar-refractivity contribution in [1.29, 1.82) is 5.26 Å². The van der Waals surface area contributed by atoms with Crippen LogP contribution in [0.3, 0.4) is 0 Å². The molecule has 0 amide bonds. The number of allylic oxidation sites excluding steroid dienone is 1. The molecule has 0 bridgehead atoms. The Morgan fingerprint density at radius 1 is 1.57 bits per heavy atom. The van der Waals surface area contributed by atoms with Gasteiger partial charge in [-0.15, -0.1) is 0 Å². The van der Waals surface area contributed by atoms with Crippen molar-refractivity contribution in [3.63, 3.8) is 0 Å². The minimum absolute atomic E-state index is 0.0920. The Hall–Kier alpha value is -0.810. The van der Waals surface area contributed by atoms with Gasteiger partial charge in [-0.2, -0.15) is 5.26 Å². The fourth-order valence-electron chi connectivity index (χ4n) is 2.47. The van der Waals surface area contributed by atoms with Gasteiger partial charge in [0.05, 0.1) is 11.5 Å². The second kappa shape index (κ2) is 3.74. The molecular weight excluding hydrogens is 172 g/mol. The van der Waals surface area contributed by atoms with Gasteiger partial charge in [-0.1, -0.05) is 12.2 Å². The van der Waals surface area contributed by atoms with Gasteiger partial charge < -0.3 is 0 Å². The average molecular weight is 190 g/mol. The van der Waals surface area contributed by atoms with Crippen molar-refractivity contribution in [1.82, 2.24) is 4.90 Å². The lowest BCUT2D eigenvalue weighted by Crippen LogP contribution is -2.34. The third kappa shape index (κ3) is 1.83. The van der Waals surface area contributed by atoms with Crippen molar-refractivity contribution in [3.8, 4) is 6.07 Å². The summed E-state index contributed by atoms with van der Waals surface area (Å²) in [7, 11) is 0. The first-order chi connectivity index (χ1) is 6.73. The highest BCUT2D eigenvalue weighted by Gasteiger charge is 2.36. The molecule has 14 heavy (non-hydrogen) atoms. The Labute approximate surface area is 86.2 Å². The zero-order chi connectivity index (χ0) is 10.0. The van der Waals surface area contributed by atoms with E-state index in [1.54, 1.807) is 0 Å². The molecule has 1 fully saturated rings. The first kappa shape index (κ1) is 9.73. The van der Waals surface area contributed by atoms with E-state index in [1.165, 1.54) is 19.3 Å². The summed E-state index contributed by atoms with van der Waals surface area (Å²) in [6.07, 6.45) is 9.47. The minimum atomic E-state index is -0.0920. The van der Waals surface area contributed by atoms with E-state index in [-0.39, 0.29) is 5.41 Å². The molecule has 2 heteroatoms. The molecule has 1 saturated heterocycles. The normalized spacial score (nSPS) is 38.4. The van der Waals surface area contributed by atoms with Gasteiger partial charge in [0.2, 0.25) is 0 Å². The summed E-state index contributed by atoms with van der Waals surface area (Å²) in [6.45, 7) is 4.14. The zero-order valence-electron chi connectivity index (χ0n) is 8.87. The van der Waals surface area contributed by atoms with Gasteiger partial charge in [0.1, 0.15) is 0 Å². The van der Waals surface area contributed by atoms with E-state index in [4.69, 9.17) is 5.26 Å². The van der Waals surface area contributed by atoms with Crippen molar-refractivity contribution in [3.05, 3.63) is 12.2 Å². The lowest BCUT2D eigenvalue weighted by molar-refractivity contribution is 0.245. The second-order valence-corrected chi connectivity index (χ2v) is 4.82. The number of likely N-dealkylation sites (tertiary alicyclic amines) is 1. The quantitative estimate of drug-likeness (QED) is 0.593. The maximum absolute atomic E-state index is 9.05. The molecule has 0 radical (unpaired) electrons. The third-order valence-electron chi connectivity index (χ3n) is 3.47. The molecule has 1 aliphatic carbocycles. The number of rotatable bonds is 1. The summed E-state index contributed by atoms with van der Waals surface area (Å²) in [5.74, 6) is 0. The van der Waals surface area contributed by atoms with Crippen molar-refractivity contribution in [2.75, 3.05) is 13.1 Å². The highest BCUT2D eigenvalue weighted by Crippen LogP contribution is 2.32. The third-order valence-corrected chi connectivity index (χ3v) is 3.47. The topological polar surface area (TPSA) is 27.0 Å². The molecule has 2 aliphatic rings. The van der Waals surface area contributed by atoms with Gasteiger partial charge >= 0.3 is 0 Å². The predicted octanol–water partition coefficient (Wildman–Crippen LogP) is 2.33. The maximum atomic E-state index is 9.05. The summed E-state index contributed by atoms with van der Waals surface area (Å²) in [5, 5.41) is 9.05. The average Bonchev–Trinajstić information content (AvgIpc) is 2.63. The Kier molecular flexibility index (Phi) is 2.60. The number of nitriles is 1. The van der Waals surface area contributed by atoms with Gasteiger partial charge in [0.15, 0.2) is 0 Å². The van der Waals surface area contributed by atoms with Crippen LogP contribution in [0, 0.1) is 16.7 Å². The number of nitrogens with zero attached hydrogens (tertiary/aromatic N) is 2. The highest BCUT2D eigenvalue weighted by atomic mass is 15.2. The van der Waals surface area contributed by atoms with Gasteiger partial charge in [0, 0.05) is 19.1 Å². The first-order valence-corrected chi connectivity index (χ1v) is 5.55. The van der Waals surface area contributed by atoms with Crippen molar-refractivity contribution in [2.45, 2.75) is 38.6 Å². The van der Waals surface area contributed by atoms with E-state index < -0.39 is 0 Å². The van der Waals surface area contributed by atoms with Gasteiger partial charge in [-0.05, 0) is 32.6 Å². The van der Waals surface area contributed by atoms with Crippen LogP contribution in [0.5, 0.6) is 0 Å².